The van der Waals surface area contributed by atoms with Crippen molar-refractivity contribution >= 4 is 17.6 Å². The van der Waals surface area contributed by atoms with Gasteiger partial charge in [0.05, 0.1) is 12.2 Å². The number of carbonyl (C=O) groups is 2. The fourth-order valence-electron chi connectivity index (χ4n) is 3.13. The van der Waals surface area contributed by atoms with Crippen LogP contribution in [0.1, 0.15) is 42.1 Å². The van der Waals surface area contributed by atoms with Crippen molar-refractivity contribution < 1.29 is 19.1 Å². The minimum Gasteiger partial charge on any atom is -0.484 e. The van der Waals surface area contributed by atoms with Crippen molar-refractivity contribution in [1.82, 2.24) is 0 Å². The molecule has 32 heavy (non-hydrogen) atoms. The zero-order valence-electron chi connectivity index (χ0n) is 18.6. The van der Waals surface area contributed by atoms with Gasteiger partial charge in [0.1, 0.15) is 5.75 Å². The summed E-state index contributed by atoms with van der Waals surface area (Å²) in [6.45, 7) is 4.48. The van der Waals surface area contributed by atoms with Crippen molar-refractivity contribution in [1.29, 1.82) is 0 Å². The Morgan fingerprint density at radius 3 is 2.06 bits per heavy atom. The van der Waals surface area contributed by atoms with Gasteiger partial charge in [0.15, 0.2) is 6.61 Å². The van der Waals surface area contributed by atoms with Crippen molar-refractivity contribution in [3.8, 4) is 16.9 Å². The molecule has 0 aliphatic heterocycles. The largest absolute Gasteiger partial charge is 0.484 e. The molecule has 0 spiro atoms. The van der Waals surface area contributed by atoms with Crippen LogP contribution in [0.2, 0.25) is 0 Å². The lowest BCUT2D eigenvalue weighted by atomic mass is 10.0. The van der Waals surface area contributed by atoms with E-state index in [1.165, 1.54) is 5.56 Å². The van der Waals surface area contributed by atoms with Crippen molar-refractivity contribution in [2.45, 2.75) is 33.1 Å². The lowest BCUT2D eigenvalue weighted by Crippen LogP contribution is -2.20. The normalized spacial score (nSPS) is 10.4. The quantitative estimate of drug-likeness (QED) is 0.315. The Bertz CT molecular complexity index is 1010. The maximum atomic E-state index is 12.2. The number of hydrogen-bond donors (Lipinski definition) is 1. The fraction of sp³-hybridized carbons (Fsp3) is 0.259. The fourth-order valence-corrected chi connectivity index (χ4v) is 3.13. The van der Waals surface area contributed by atoms with Crippen LogP contribution in [-0.4, -0.2) is 25.1 Å². The molecule has 5 nitrogen and oxygen atoms in total. The Kier molecular flexibility index (Phi) is 8.44. The number of carbonyl (C=O) groups excluding carboxylic acids is 2. The third kappa shape index (κ3) is 6.98. The molecule has 0 bridgehead atoms. The number of unbranched alkanes of at least 4 members (excludes halogenated alkanes) is 2. The predicted octanol–water partition coefficient (Wildman–Crippen LogP) is 6.03. The molecule has 0 atom stereocenters. The van der Waals surface area contributed by atoms with Crippen molar-refractivity contribution in [2.75, 3.05) is 18.5 Å². The number of esters is 1. The van der Waals surface area contributed by atoms with Gasteiger partial charge in [-0.25, -0.2) is 4.79 Å². The lowest BCUT2D eigenvalue weighted by Gasteiger charge is -2.09. The maximum Gasteiger partial charge on any atom is 0.338 e. The molecule has 3 rings (SSSR count). The van der Waals surface area contributed by atoms with Gasteiger partial charge in [-0.3, -0.25) is 4.79 Å². The highest BCUT2D eigenvalue weighted by atomic mass is 16.5. The van der Waals surface area contributed by atoms with Crippen LogP contribution >= 0.6 is 0 Å². The number of nitrogens with one attached hydrogen (secondary N) is 1. The van der Waals surface area contributed by atoms with E-state index in [-0.39, 0.29) is 18.5 Å². The third-order valence-corrected chi connectivity index (χ3v) is 4.99. The summed E-state index contributed by atoms with van der Waals surface area (Å²) in [6, 6.07) is 22.6. The standard InChI is InChI=1S/C27H29NO4/c1-3-4-5-18-31-27(30)23-10-14-24(15-11-23)28-26(29)19-32-25-16-12-22(13-17-25)21-8-6-20(2)7-9-21/h6-17H,3-5,18-19H2,1-2H3,(H,28,29). The van der Waals surface area contributed by atoms with Gasteiger partial charge >= 0.3 is 5.97 Å². The smallest absolute Gasteiger partial charge is 0.338 e. The zero-order chi connectivity index (χ0) is 22.8. The summed E-state index contributed by atoms with van der Waals surface area (Å²) >= 11 is 0. The average molecular weight is 432 g/mol. The predicted molar refractivity (Wildman–Crippen MR) is 127 cm³/mol. The highest BCUT2D eigenvalue weighted by Crippen LogP contribution is 2.22. The van der Waals surface area contributed by atoms with E-state index in [1.807, 2.05) is 24.3 Å². The SMILES string of the molecule is CCCCCOC(=O)c1ccc(NC(=O)COc2ccc(-c3ccc(C)cc3)cc2)cc1. The summed E-state index contributed by atoms with van der Waals surface area (Å²) in [5, 5.41) is 2.76. The molecule has 1 N–H and O–H groups in total. The molecule has 0 aromatic heterocycles. The molecule has 0 heterocycles. The molecule has 0 saturated carbocycles. The highest BCUT2D eigenvalue weighted by Gasteiger charge is 2.09. The molecule has 0 saturated heterocycles. The Morgan fingerprint density at radius 2 is 1.44 bits per heavy atom. The minimum atomic E-state index is -0.351. The number of rotatable bonds is 10. The van der Waals surface area contributed by atoms with Gasteiger partial charge in [0.2, 0.25) is 0 Å². The summed E-state index contributed by atoms with van der Waals surface area (Å²) in [4.78, 5) is 24.2. The summed E-state index contributed by atoms with van der Waals surface area (Å²) in [7, 11) is 0. The Hall–Kier alpha value is -3.60. The number of benzene rings is 3. The molecule has 0 unspecified atom stereocenters. The number of ether oxygens (including phenoxy) is 2. The molecule has 0 fully saturated rings. The summed E-state index contributed by atoms with van der Waals surface area (Å²) < 4.78 is 10.8. The zero-order valence-corrected chi connectivity index (χ0v) is 18.6. The lowest BCUT2D eigenvalue weighted by molar-refractivity contribution is -0.118. The molecule has 0 aliphatic rings. The maximum absolute atomic E-state index is 12.2. The second kappa shape index (κ2) is 11.7. The molecule has 166 valence electrons. The van der Waals surface area contributed by atoms with Gasteiger partial charge < -0.3 is 14.8 Å². The molecule has 5 heteroatoms. The molecule has 3 aromatic carbocycles. The summed E-state index contributed by atoms with van der Waals surface area (Å²) in [5.41, 5.74) is 4.50. The number of hydrogen-bond acceptors (Lipinski definition) is 4. The second-order valence-electron chi connectivity index (χ2n) is 7.65. The number of aryl methyl sites for hydroxylation is 1. The molecular weight excluding hydrogens is 402 g/mol. The van der Waals surface area contributed by atoms with Crippen molar-refractivity contribution in [3.63, 3.8) is 0 Å². The second-order valence-corrected chi connectivity index (χ2v) is 7.65. The highest BCUT2D eigenvalue weighted by molar-refractivity contribution is 5.93. The van der Waals surface area contributed by atoms with Crippen LogP contribution in [0, 0.1) is 6.92 Å². The van der Waals surface area contributed by atoms with Gasteiger partial charge in [-0.15, -0.1) is 0 Å². The van der Waals surface area contributed by atoms with Crippen LogP contribution < -0.4 is 10.1 Å². The van der Waals surface area contributed by atoms with E-state index in [9.17, 15) is 9.59 Å². The van der Waals surface area contributed by atoms with Crippen LogP contribution in [0.3, 0.4) is 0 Å². The van der Waals surface area contributed by atoms with E-state index in [4.69, 9.17) is 9.47 Å². The first kappa shape index (κ1) is 23.1. The van der Waals surface area contributed by atoms with Gasteiger partial charge in [-0.2, -0.15) is 0 Å². The minimum absolute atomic E-state index is 0.106. The van der Waals surface area contributed by atoms with Crippen LogP contribution in [0.4, 0.5) is 5.69 Å². The summed E-state index contributed by atoms with van der Waals surface area (Å²) in [6.07, 6.45) is 2.98. The molecule has 1 amide bonds. The Labute approximate surface area is 189 Å². The van der Waals surface area contributed by atoms with E-state index in [0.717, 1.165) is 30.4 Å². The van der Waals surface area contributed by atoms with Gasteiger partial charge in [0.25, 0.3) is 5.91 Å². The van der Waals surface area contributed by atoms with Crippen molar-refractivity contribution in [2.24, 2.45) is 0 Å². The monoisotopic (exact) mass is 431 g/mol. The molecule has 0 radical (unpaired) electrons. The first-order valence-corrected chi connectivity index (χ1v) is 10.9. The van der Waals surface area contributed by atoms with Gasteiger partial charge in [-0.1, -0.05) is 61.7 Å². The third-order valence-electron chi connectivity index (χ3n) is 4.99. The Morgan fingerprint density at radius 1 is 0.812 bits per heavy atom. The van der Waals surface area contributed by atoms with Crippen LogP contribution in [0.15, 0.2) is 72.8 Å². The Balaban J connectivity index is 1.45. The number of anilines is 1. The first-order valence-electron chi connectivity index (χ1n) is 10.9. The van der Waals surface area contributed by atoms with Crippen LogP contribution in [-0.2, 0) is 9.53 Å². The van der Waals surface area contributed by atoms with Crippen molar-refractivity contribution in [3.05, 3.63) is 83.9 Å². The van der Waals surface area contributed by atoms with Crippen LogP contribution in [0.25, 0.3) is 11.1 Å². The van der Waals surface area contributed by atoms with E-state index >= 15 is 0 Å². The molecular formula is C27H29NO4. The van der Waals surface area contributed by atoms with Crippen LogP contribution in [0.5, 0.6) is 5.75 Å². The van der Waals surface area contributed by atoms with E-state index in [2.05, 4.69) is 43.4 Å². The van der Waals surface area contributed by atoms with E-state index in [0.29, 0.717) is 23.6 Å². The van der Waals surface area contributed by atoms with Gasteiger partial charge in [-0.05, 0) is 60.9 Å². The van der Waals surface area contributed by atoms with E-state index in [1.54, 1.807) is 24.3 Å². The number of amides is 1. The molecule has 0 aliphatic carbocycles. The van der Waals surface area contributed by atoms with Gasteiger partial charge in [0, 0.05) is 5.69 Å². The molecule has 3 aromatic rings. The first-order chi connectivity index (χ1) is 15.5. The topological polar surface area (TPSA) is 64.6 Å². The summed E-state index contributed by atoms with van der Waals surface area (Å²) in [5.74, 6) is -0.00363. The van der Waals surface area contributed by atoms with E-state index < -0.39 is 0 Å². The average Bonchev–Trinajstić information content (AvgIpc) is 2.82.